The summed E-state index contributed by atoms with van der Waals surface area (Å²) in [4.78, 5) is 2.37. The normalized spacial score (nSPS) is 13.4. The van der Waals surface area contributed by atoms with Crippen LogP contribution < -0.4 is 0 Å². The van der Waals surface area contributed by atoms with Crippen LogP contribution in [0.15, 0.2) is 110 Å². The van der Waals surface area contributed by atoms with Crippen LogP contribution in [-0.2, 0) is 6.54 Å². The van der Waals surface area contributed by atoms with E-state index >= 15 is 0 Å². The molecular weight excluding hydrogens is 354 g/mol. The molecule has 3 rings (SSSR count). The Labute approximate surface area is 174 Å². The fraction of sp³-hybridized carbons (Fsp3) is 0.185. The lowest BCUT2D eigenvalue weighted by Crippen LogP contribution is -2.38. The van der Waals surface area contributed by atoms with Crippen LogP contribution in [0.3, 0.4) is 0 Å². The van der Waals surface area contributed by atoms with Crippen molar-refractivity contribution in [3.8, 4) is 0 Å². The Morgan fingerprint density at radius 2 is 1.41 bits per heavy atom. The zero-order valence-electron chi connectivity index (χ0n) is 16.8. The molecule has 0 aliphatic carbocycles. The van der Waals surface area contributed by atoms with Gasteiger partial charge in [-0.1, -0.05) is 109 Å². The minimum absolute atomic E-state index is 0.0592. The molecule has 0 heterocycles. The summed E-state index contributed by atoms with van der Waals surface area (Å²) in [6, 6.07) is 31.0. The van der Waals surface area contributed by atoms with Crippen molar-refractivity contribution >= 4 is 6.08 Å². The molecule has 29 heavy (non-hydrogen) atoms. The van der Waals surface area contributed by atoms with Gasteiger partial charge in [-0.2, -0.15) is 0 Å². The molecule has 2 heteroatoms. The summed E-state index contributed by atoms with van der Waals surface area (Å²) >= 11 is 0. The van der Waals surface area contributed by atoms with Crippen molar-refractivity contribution in [2.75, 3.05) is 6.61 Å². The van der Waals surface area contributed by atoms with Crippen molar-refractivity contribution in [2.24, 2.45) is 0 Å². The molecule has 0 unspecified atom stereocenters. The lowest BCUT2D eigenvalue weighted by Gasteiger charge is -2.36. The molecule has 0 aliphatic rings. The molecule has 3 aromatic carbocycles. The third-order valence-corrected chi connectivity index (χ3v) is 5.11. The number of aliphatic hydroxyl groups excluding tert-OH is 1. The smallest absolute Gasteiger partial charge is 0.0628 e. The van der Waals surface area contributed by atoms with E-state index in [0.29, 0.717) is 0 Å². The highest BCUT2D eigenvalue weighted by Crippen LogP contribution is 2.27. The first-order chi connectivity index (χ1) is 14.3. The van der Waals surface area contributed by atoms with Gasteiger partial charge in [0.2, 0.25) is 0 Å². The Morgan fingerprint density at radius 3 is 2.00 bits per heavy atom. The highest BCUT2D eigenvalue weighted by molar-refractivity contribution is 5.49. The second-order valence-corrected chi connectivity index (χ2v) is 7.13. The molecule has 0 aliphatic heterocycles. The van der Waals surface area contributed by atoms with Gasteiger partial charge in [0.1, 0.15) is 0 Å². The SMILES string of the molecule is C=CC[C@H](/C=C/c1ccccc1)N(Cc1ccccc1)[C@@H](CO)c1ccccc1. The maximum atomic E-state index is 10.3. The zero-order valence-corrected chi connectivity index (χ0v) is 16.8. The van der Waals surface area contributed by atoms with Gasteiger partial charge in [0.05, 0.1) is 12.6 Å². The highest BCUT2D eigenvalue weighted by atomic mass is 16.3. The highest BCUT2D eigenvalue weighted by Gasteiger charge is 2.25. The number of hydrogen-bond acceptors (Lipinski definition) is 2. The van der Waals surface area contributed by atoms with Gasteiger partial charge in [-0.3, -0.25) is 4.90 Å². The van der Waals surface area contributed by atoms with E-state index in [9.17, 15) is 5.11 Å². The number of hydrogen-bond donors (Lipinski definition) is 1. The monoisotopic (exact) mass is 383 g/mol. The van der Waals surface area contributed by atoms with Crippen LogP contribution in [0.1, 0.15) is 29.2 Å². The predicted molar refractivity (Wildman–Crippen MR) is 122 cm³/mol. The topological polar surface area (TPSA) is 23.5 Å². The third kappa shape index (κ3) is 6.02. The van der Waals surface area contributed by atoms with Gasteiger partial charge in [0.25, 0.3) is 0 Å². The average Bonchev–Trinajstić information content (AvgIpc) is 2.79. The second kappa shape index (κ2) is 11.2. The molecule has 0 spiro atoms. The van der Waals surface area contributed by atoms with Crippen LogP contribution in [0, 0.1) is 0 Å². The summed E-state index contributed by atoms with van der Waals surface area (Å²) in [7, 11) is 0. The van der Waals surface area contributed by atoms with E-state index in [2.05, 4.69) is 72.2 Å². The van der Waals surface area contributed by atoms with Crippen molar-refractivity contribution in [1.82, 2.24) is 4.90 Å². The quantitative estimate of drug-likeness (QED) is 0.442. The molecule has 2 atom stereocenters. The standard InChI is InChI=1S/C27H29NO/c1-2-12-26(20-19-23-13-6-3-7-14-23)28(21-24-15-8-4-9-16-24)27(22-29)25-17-10-5-11-18-25/h2-11,13-20,26-27,29H,1,12,21-22H2/b20-19+/t26-,27+/m1/s1. The average molecular weight is 384 g/mol. The summed E-state index contributed by atoms with van der Waals surface area (Å²) < 4.78 is 0. The molecule has 0 fully saturated rings. The maximum absolute atomic E-state index is 10.3. The van der Waals surface area contributed by atoms with E-state index in [1.807, 2.05) is 48.5 Å². The fourth-order valence-corrected chi connectivity index (χ4v) is 3.61. The van der Waals surface area contributed by atoms with Gasteiger partial charge >= 0.3 is 0 Å². The zero-order chi connectivity index (χ0) is 20.3. The van der Waals surface area contributed by atoms with Gasteiger partial charge in [0.15, 0.2) is 0 Å². The lowest BCUT2D eigenvalue weighted by atomic mass is 10.00. The van der Waals surface area contributed by atoms with Crippen molar-refractivity contribution in [2.45, 2.75) is 25.0 Å². The Balaban J connectivity index is 1.95. The molecular formula is C27H29NO. The van der Waals surface area contributed by atoms with Crippen LogP contribution in [0.25, 0.3) is 6.08 Å². The molecule has 0 amide bonds. The van der Waals surface area contributed by atoms with E-state index in [4.69, 9.17) is 0 Å². The largest absolute Gasteiger partial charge is 0.394 e. The summed E-state index contributed by atoms with van der Waals surface area (Å²) in [5.74, 6) is 0. The van der Waals surface area contributed by atoms with E-state index in [0.717, 1.165) is 18.5 Å². The molecule has 0 bridgehead atoms. The number of nitrogens with zero attached hydrogens (tertiary/aromatic N) is 1. The third-order valence-electron chi connectivity index (χ3n) is 5.11. The summed E-state index contributed by atoms with van der Waals surface area (Å²) in [6.45, 7) is 4.79. The number of benzene rings is 3. The van der Waals surface area contributed by atoms with Gasteiger partial charge < -0.3 is 5.11 Å². The molecule has 1 N–H and O–H groups in total. The van der Waals surface area contributed by atoms with Gasteiger partial charge in [-0.15, -0.1) is 6.58 Å². The minimum Gasteiger partial charge on any atom is -0.394 e. The van der Waals surface area contributed by atoms with E-state index in [-0.39, 0.29) is 18.7 Å². The van der Waals surface area contributed by atoms with Crippen LogP contribution in [0.2, 0.25) is 0 Å². The van der Waals surface area contributed by atoms with Crippen molar-refractivity contribution in [1.29, 1.82) is 0 Å². The Hall–Kier alpha value is -2.94. The first-order valence-corrected chi connectivity index (χ1v) is 10.1. The Morgan fingerprint density at radius 1 is 0.828 bits per heavy atom. The molecule has 0 saturated heterocycles. The number of aliphatic hydroxyl groups is 1. The molecule has 0 aromatic heterocycles. The maximum Gasteiger partial charge on any atom is 0.0628 e. The van der Waals surface area contributed by atoms with E-state index in [1.54, 1.807) is 0 Å². The van der Waals surface area contributed by atoms with Crippen molar-refractivity contribution in [3.05, 3.63) is 126 Å². The second-order valence-electron chi connectivity index (χ2n) is 7.13. The minimum atomic E-state index is -0.0956. The van der Waals surface area contributed by atoms with E-state index in [1.165, 1.54) is 11.1 Å². The van der Waals surface area contributed by atoms with Crippen LogP contribution in [0.5, 0.6) is 0 Å². The number of rotatable bonds is 10. The molecule has 0 saturated carbocycles. The Kier molecular flexibility index (Phi) is 8.00. The molecule has 0 radical (unpaired) electrons. The van der Waals surface area contributed by atoms with Crippen molar-refractivity contribution < 1.29 is 5.11 Å². The van der Waals surface area contributed by atoms with Gasteiger partial charge in [0, 0.05) is 12.6 Å². The van der Waals surface area contributed by atoms with Gasteiger partial charge in [-0.25, -0.2) is 0 Å². The van der Waals surface area contributed by atoms with Crippen LogP contribution in [-0.4, -0.2) is 22.7 Å². The molecule has 3 aromatic rings. The van der Waals surface area contributed by atoms with E-state index < -0.39 is 0 Å². The lowest BCUT2D eigenvalue weighted by molar-refractivity contribution is 0.0931. The Bertz CT molecular complexity index is 874. The fourth-order valence-electron chi connectivity index (χ4n) is 3.61. The summed E-state index contributed by atoms with van der Waals surface area (Å²) in [6.07, 6.45) is 7.15. The predicted octanol–water partition coefficient (Wildman–Crippen LogP) is 5.88. The summed E-state index contributed by atoms with van der Waals surface area (Å²) in [5, 5.41) is 10.3. The van der Waals surface area contributed by atoms with Crippen molar-refractivity contribution in [3.63, 3.8) is 0 Å². The first-order valence-electron chi connectivity index (χ1n) is 10.1. The molecule has 148 valence electrons. The van der Waals surface area contributed by atoms with Crippen LogP contribution >= 0.6 is 0 Å². The van der Waals surface area contributed by atoms with Crippen LogP contribution in [0.4, 0.5) is 0 Å². The summed E-state index contributed by atoms with van der Waals surface area (Å²) in [5.41, 5.74) is 3.51. The first kappa shape index (κ1) is 20.8. The van der Waals surface area contributed by atoms with Gasteiger partial charge in [-0.05, 0) is 23.1 Å². The molecule has 2 nitrogen and oxygen atoms in total.